The van der Waals surface area contributed by atoms with Gasteiger partial charge < -0.3 is 4.58 Å². The Morgan fingerprint density at radius 2 is 1.03 bits per heavy atom. The van der Waals surface area contributed by atoms with Gasteiger partial charge in [-0.1, -0.05) is 132 Å². The van der Waals surface area contributed by atoms with E-state index in [1.165, 1.54) is 44.6 Å². The van der Waals surface area contributed by atoms with E-state index in [0.717, 1.165) is 0 Å². The lowest BCUT2D eigenvalue weighted by atomic mass is 9.40. The summed E-state index contributed by atoms with van der Waals surface area (Å²) in [6, 6.07) is 22.6. The van der Waals surface area contributed by atoms with E-state index in [0.29, 0.717) is 23.7 Å². The van der Waals surface area contributed by atoms with E-state index in [9.17, 15) is 0 Å². The van der Waals surface area contributed by atoms with Gasteiger partial charge in [0.1, 0.15) is 5.69 Å². The molecule has 3 aromatic rings. The Balaban J connectivity index is 2.04. The van der Waals surface area contributed by atoms with Crippen LogP contribution in [0.25, 0.3) is 0 Å². The van der Waals surface area contributed by atoms with Crippen molar-refractivity contribution in [2.45, 2.75) is 79.1 Å². The molecule has 0 unspecified atom stereocenters. The fraction of sp³-hybridized carbons (Fsp3) is 0.387. The van der Waals surface area contributed by atoms with Crippen molar-refractivity contribution in [2.75, 3.05) is 0 Å². The average molecular weight is 435 g/mol. The first kappa shape index (κ1) is 23.5. The molecular weight excluding hydrogens is 397 g/mol. The standard InChI is InChI=1S/C31H38BN/c1-20(2)24-13-11-14-25(21(3)4)30(24)32-19-33(29-18-10-9-17-28(29)32)31-26(22(5)6)15-12-16-27(31)23(7)8/h9-18,20-23H,1-8H3. The van der Waals surface area contributed by atoms with Crippen LogP contribution in [0, 0.1) is 0 Å². The molecule has 0 fully saturated rings. The molecule has 3 aromatic carbocycles. The van der Waals surface area contributed by atoms with E-state index in [-0.39, 0.29) is 6.71 Å². The fourth-order valence-corrected chi connectivity index (χ4v) is 5.32. The third-order valence-electron chi connectivity index (χ3n) is 7.02. The van der Waals surface area contributed by atoms with E-state index in [1.807, 2.05) is 0 Å². The molecule has 2 heteroatoms. The van der Waals surface area contributed by atoms with Crippen LogP contribution in [-0.2, 0) is 0 Å². The lowest BCUT2D eigenvalue weighted by Crippen LogP contribution is -2.46. The average Bonchev–Trinajstić information content (AvgIpc) is 3.16. The van der Waals surface area contributed by atoms with E-state index in [1.54, 1.807) is 0 Å². The smallest absolute Gasteiger partial charge is 0.238 e. The molecule has 0 bridgehead atoms. The van der Waals surface area contributed by atoms with Gasteiger partial charge in [-0.15, -0.1) is 0 Å². The number of fused-ring (bicyclic) bond motifs is 1. The number of benzene rings is 3. The number of rotatable bonds is 6. The summed E-state index contributed by atoms with van der Waals surface area (Å²) in [7, 11) is 0. The van der Waals surface area contributed by atoms with Gasteiger partial charge in [-0.2, -0.15) is 0 Å². The second kappa shape index (κ2) is 9.33. The first-order valence-electron chi connectivity index (χ1n) is 12.6. The van der Waals surface area contributed by atoms with Crippen LogP contribution >= 0.6 is 0 Å². The van der Waals surface area contributed by atoms with Crippen molar-refractivity contribution in [1.29, 1.82) is 0 Å². The summed E-state index contributed by atoms with van der Waals surface area (Å²) in [5, 5.41) is 0. The van der Waals surface area contributed by atoms with Crippen molar-refractivity contribution in [3.8, 4) is 0 Å². The normalized spacial score (nSPS) is 13.5. The maximum atomic E-state index is 4.00. The van der Waals surface area contributed by atoms with Crippen molar-refractivity contribution in [2.24, 2.45) is 0 Å². The molecule has 0 aromatic heterocycles. The number of hydrogen-bond donors (Lipinski definition) is 0. The maximum Gasteiger partial charge on any atom is 0.238 e. The highest BCUT2D eigenvalue weighted by atomic mass is 15.0. The summed E-state index contributed by atoms with van der Waals surface area (Å²) in [5.41, 5.74) is 11.1. The Bertz CT molecular complexity index is 1130. The molecule has 170 valence electrons. The van der Waals surface area contributed by atoms with Crippen molar-refractivity contribution in [1.82, 2.24) is 4.58 Å². The van der Waals surface area contributed by atoms with Gasteiger partial charge in [-0.25, -0.2) is 0 Å². The predicted molar refractivity (Wildman–Crippen MR) is 147 cm³/mol. The van der Waals surface area contributed by atoms with Crippen molar-refractivity contribution >= 4 is 35.1 Å². The highest BCUT2D eigenvalue weighted by Gasteiger charge is 2.34. The van der Waals surface area contributed by atoms with Crippen molar-refractivity contribution < 1.29 is 0 Å². The van der Waals surface area contributed by atoms with Gasteiger partial charge in [0, 0.05) is 0 Å². The number of para-hydroxylation sites is 2. The van der Waals surface area contributed by atoms with Gasteiger partial charge in [-0.3, -0.25) is 0 Å². The number of nitrogens with zero attached hydrogens (tertiary/aromatic N) is 1. The van der Waals surface area contributed by atoms with E-state index < -0.39 is 0 Å². The minimum Gasteiger partial charge on any atom is -0.330 e. The third-order valence-corrected chi connectivity index (χ3v) is 7.02. The van der Waals surface area contributed by atoms with Gasteiger partial charge in [0.15, 0.2) is 0 Å². The SMILES string of the molecule is CC(C)c1cccc(C(C)C)c1B1[C-]=[N+](c2c(C(C)C)cccc2C(C)C)c2ccccc21. The Labute approximate surface area is 201 Å². The van der Waals surface area contributed by atoms with E-state index >= 15 is 0 Å². The lowest BCUT2D eigenvalue weighted by Gasteiger charge is -2.22. The molecule has 1 aliphatic heterocycles. The quantitative estimate of drug-likeness (QED) is 0.220. The summed E-state index contributed by atoms with van der Waals surface area (Å²) in [4.78, 5) is 0. The second-order valence-electron chi connectivity index (χ2n) is 10.7. The van der Waals surface area contributed by atoms with E-state index in [2.05, 4.69) is 127 Å². The van der Waals surface area contributed by atoms with Crippen molar-refractivity contribution in [3.05, 3.63) is 82.9 Å². The lowest BCUT2D eigenvalue weighted by molar-refractivity contribution is 0.815. The van der Waals surface area contributed by atoms with Crippen LogP contribution in [0.4, 0.5) is 11.4 Å². The minimum absolute atomic E-state index is 0.137. The zero-order valence-electron chi connectivity index (χ0n) is 21.6. The molecular formula is C31H38BN. The van der Waals surface area contributed by atoms with Crippen LogP contribution in [-0.4, -0.2) is 12.8 Å². The Morgan fingerprint density at radius 1 is 0.576 bits per heavy atom. The second-order valence-corrected chi connectivity index (χ2v) is 10.7. The summed E-state index contributed by atoms with van der Waals surface area (Å²) in [5.74, 6) is 1.83. The Kier molecular flexibility index (Phi) is 6.66. The Hall–Kier alpha value is -2.61. The largest absolute Gasteiger partial charge is 0.330 e. The molecule has 0 saturated carbocycles. The molecule has 1 nitrogen and oxygen atoms in total. The van der Waals surface area contributed by atoms with Crippen LogP contribution in [0.15, 0.2) is 60.7 Å². The zero-order valence-corrected chi connectivity index (χ0v) is 21.6. The molecule has 0 atom stereocenters. The summed E-state index contributed by atoms with van der Waals surface area (Å²) in [6.45, 7) is 18.6. The van der Waals surface area contributed by atoms with Gasteiger partial charge in [0.25, 0.3) is 0 Å². The number of hydrogen-bond acceptors (Lipinski definition) is 0. The van der Waals surface area contributed by atoms with E-state index in [4.69, 9.17) is 0 Å². The van der Waals surface area contributed by atoms with Crippen LogP contribution in [0.3, 0.4) is 0 Å². The monoisotopic (exact) mass is 435 g/mol. The van der Waals surface area contributed by atoms with Gasteiger partial charge >= 0.3 is 0 Å². The molecule has 4 rings (SSSR count). The highest BCUT2D eigenvalue weighted by molar-refractivity contribution is 7.07. The molecule has 0 spiro atoms. The van der Waals surface area contributed by atoms with Crippen LogP contribution in [0.5, 0.6) is 0 Å². The molecule has 1 heterocycles. The summed E-state index contributed by atoms with van der Waals surface area (Å²) < 4.78 is 2.39. The molecule has 0 amide bonds. The van der Waals surface area contributed by atoms with Gasteiger partial charge in [0.05, 0.1) is 11.8 Å². The summed E-state index contributed by atoms with van der Waals surface area (Å²) in [6.07, 6.45) is 4.00. The van der Waals surface area contributed by atoms with Crippen LogP contribution < -0.4 is 15.5 Å². The van der Waals surface area contributed by atoms with Crippen LogP contribution in [0.1, 0.15) is 101 Å². The maximum absolute atomic E-state index is 4.00. The molecule has 1 aliphatic rings. The highest BCUT2D eigenvalue weighted by Crippen LogP contribution is 2.37. The van der Waals surface area contributed by atoms with Gasteiger partial charge in [0.2, 0.25) is 6.71 Å². The first-order valence-corrected chi connectivity index (χ1v) is 12.6. The summed E-state index contributed by atoms with van der Waals surface area (Å²) >= 11 is 0. The topological polar surface area (TPSA) is 3.01 Å². The molecule has 0 N–H and O–H groups in total. The molecule has 0 radical (unpaired) electrons. The third kappa shape index (κ3) is 4.21. The van der Waals surface area contributed by atoms with Gasteiger partial charge in [-0.05, 0) is 40.9 Å². The fourth-order valence-electron chi connectivity index (χ4n) is 5.32. The Morgan fingerprint density at radius 3 is 1.52 bits per heavy atom. The minimum atomic E-state index is 0.137. The van der Waals surface area contributed by atoms with Crippen LogP contribution in [0.2, 0.25) is 0 Å². The predicted octanol–water partition coefficient (Wildman–Crippen LogP) is 7.12. The zero-order chi connectivity index (χ0) is 23.9. The van der Waals surface area contributed by atoms with Crippen molar-refractivity contribution in [3.63, 3.8) is 0 Å². The first-order chi connectivity index (χ1) is 15.7. The molecule has 0 aliphatic carbocycles. The molecule has 33 heavy (non-hydrogen) atoms. The molecule has 0 saturated heterocycles.